The normalized spacial score (nSPS) is 19.0. The summed E-state index contributed by atoms with van der Waals surface area (Å²) in [5.74, 6) is -0.134. The lowest BCUT2D eigenvalue weighted by Crippen LogP contribution is -2.16. The number of esters is 1. The number of aryl methyl sites for hydroxylation is 1. The number of benzene rings is 1. The second-order valence-corrected chi connectivity index (χ2v) is 7.28. The van der Waals surface area contributed by atoms with Crippen LogP contribution in [0.3, 0.4) is 0 Å². The molecule has 0 radical (unpaired) electrons. The number of ether oxygens (including phenoxy) is 1. The lowest BCUT2D eigenvalue weighted by Gasteiger charge is -2.07. The van der Waals surface area contributed by atoms with Gasteiger partial charge in [0.15, 0.2) is 0 Å². The standard InChI is InChI=1S/C19H21NO3S/c1-4-23-19(22)16-11(2)12(3)24-18(16)20-17(21)15-10-14(15)13-8-6-5-7-9-13/h5-9,14-15H,4,10H2,1-3H3,(H,20,21)/t14-,15+/m1/s1. The Bertz CT molecular complexity index is 766. The van der Waals surface area contributed by atoms with Crippen LogP contribution in [0.5, 0.6) is 0 Å². The van der Waals surface area contributed by atoms with E-state index in [0.29, 0.717) is 17.2 Å². The summed E-state index contributed by atoms with van der Waals surface area (Å²) in [5.41, 5.74) is 2.57. The van der Waals surface area contributed by atoms with E-state index in [-0.39, 0.29) is 23.7 Å². The molecule has 2 aromatic rings. The number of hydrogen-bond donors (Lipinski definition) is 1. The van der Waals surface area contributed by atoms with Gasteiger partial charge < -0.3 is 10.1 Å². The van der Waals surface area contributed by atoms with Gasteiger partial charge in [-0.25, -0.2) is 4.79 Å². The molecular formula is C19H21NO3S. The van der Waals surface area contributed by atoms with Crippen molar-refractivity contribution in [1.82, 2.24) is 0 Å². The summed E-state index contributed by atoms with van der Waals surface area (Å²) in [5, 5.41) is 3.56. The van der Waals surface area contributed by atoms with Crippen molar-refractivity contribution < 1.29 is 14.3 Å². The Kier molecular flexibility index (Phi) is 4.71. The molecule has 24 heavy (non-hydrogen) atoms. The molecule has 2 atom stereocenters. The van der Waals surface area contributed by atoms with Gasteiger partial charge in [-0.2, -0.15) is 0 Å². The smallest absolute Gasteiger partial charge is 0.341 e. The highest BCUT2D eigenvalue weighted by Crippen LogP contribution is 2.48. The molecule has 0 saturated heterocycles. The summed E-state index contributed by atoms with van der Waals surface area (Å²) in [4.78, 5) is 25.8. The fourth-order valence-corrected chi connectivity index (χ4v) is 3.97. The third-order valence-electron chi connectivity index (χ3n) is 4.46. The fraction of sp³-hybridized carbons (Fsp3) is 0.368. The minimum Gasteiger partial charge on any atom is -0.462 e. The van der Waals surface area contributed by atoms with Crippen molar-refractivity contribution in [3.05, 3.63) is 51.9 Å². The average Bonchev–Trinajstić information content (AvgIpc) is 3.31. The lowest BCUT2D eigenvalue weighted by molar-refractivity contribution is -0.117. The second kappa shape index (κ2) is 6.77. The molecule has 1 N–H and O–H groups in total. The van der Waals surface area contributed by atoms with Crippen molar-refractivity contribution in [2.75, 3.05) is 11.9 Å². The van der Waals surface area contributed by atoms with Gasteiger partial charge in [-0.05, 0) is 44.2 Å². The summed E-state index contributed by atoms with van der Waals surface area (Å²) < 4.78 is 5.13. The number of nitrogens with one attached hydrogen (secondary N) is 1. The Labute approximate surface area is 145 Å². The topological polar surface area (TPSA) is 55.4 Å². The first kappa shape index (κ1) is 16.7. The molecule has 1 heterocycles. The predicted octanol–water partition coefficient (Wildman–Crippen LogP) is 4.28. The van der Waals surface area contributed by atoms with Gasteiger partial charge in [-0.1, -0.05) is 30.3 Å². The van der Waals surface area contributed by atoms with Gasteiger partial charge in [0.25, 0.3) is 0 Å². The zero-order chi connectivity index (χ0) is 17.3. The van der Waals surface area contributed by atoms with E-state index in [2.05, 4.69) is 17.4 Å². The van der Waals surface area contributed by atoms with E-state index in [1.807, 2.05) is 32.0 Å². The van der Waals surface area contributed by atoms with Crippen molar-refractivity contribution in [3.63, 3.8) is 0 Å². The molecular weight excluding hydrogens is 322 g/mol. The predicted molar refractivity (Wildman–Crippen MR) is 95.7 cm³/mol. The second-order valence-electron chi connectivity index (χ2n) is 6.06. The maximum Gasteiger partial charge on any atom is 0.341 e. The van der Waals surface area contributed by atoms with E-state index >= 15 is 0 Å². The van der Waals surface area contributed by atoms with Crippen LogP contribution in [0, 0.1) is 19.8 Å². The van der Waals surface area contributed by atoms with Gasteiger partial charge in [-0.3, -0.25) is 4.79 Å². The number of rotatable bonds is 5. The molecule has 4 nitrogen and oxygen atoms in total. The van der Waals surface area contributed by atoms with E-state index in [1.165, 1.54) is 16.9 Å². The van der Waals surface area contributed by atoms with Crippen LogP contribution in [-0.2, 0) is 9.53 Å². The van der Waals surface area contributed by atoms with Crippen molar-refractivity contribution in [1.29, 1.82) is 0 Å². The molecule has 126 valence electrons. The third-order valence-corrected chi connectivity index (χ3v) is 5.58. The van der Waals surface area contributed by atoms with Crippen LogP contribution >= 0.6 is 11.3 Å². The van der Waals surface area contributed by atoms with Gasteiger partial charge in [0.1, 0.15) is 5.00 Å². The van der Waals surface area contributed by atoms with Gasteiger partial charge in [0.05, 0.1) is 12.2 Å². The summed E-state index contributed by atoms with van der Waals surface area (Å²) in [6, 6.07) is 10.1. The van der Waals surface area contributed by atoms with Gasteiger partial charge >= 0.3 is 5.97 Å². The average molecular weight is 343 g/mol. The van der Waals surface area contributed by atoms with E-state index in [4.69, 9.17) is 4.74 Å². The number of amides is 1. The summed E-state index contributed by atoms with van der Waals surface area (Å²) in [6.07, 6.45) is 0.855. The number of hydrogen-bond acceptors (Lipinski definition) is 4. The van der Waals surface area contributed by atoms with Crippen LogP contribution in [0.15, 0.2) is 30.3 Å². The van der Waals surface area contributed by atoms with E-state index in [0.717, 1.165) is 16.9 Å². The zero-order valence-corrected chi connectivity index (χ0v) is 14.9. The van der Waals surface area contributed by atoms with Gasteiger partial charge in [0, 0.05) is 10.8 Å². The summed E-state index contributed by atoms with van der Waals surface area (Å²) in [7, 11) is 0. The Morgan fingerprint density at radius 3 is 2.62 bits per heavy atom. The monoisotopic (exact) mass is 343 g/mol. The maximum atomic E-state index is 12.6. The van der Waals surface area contributed by atoms with Crippen molar-refractivity contribution in [2.45, 2.75) is 33.1 Å². The Hall–Kier alpha value is -2.14. The highest BCUT2D eigenvalue weighted by atomic mass is 32.1. The van der Waals surface area contributed by atoms with E-state index in [1.54, 1.807) is 6.92 Å². The van der Waals surface area contributed by atoms with Crippen LogP contribution in [0.2, 0.25) is 0 Å². The molecule has 1 aromatic carbocycles. The number of carbonyl (C=O) groups excluding carboxylic acids is 2. The summed E-state index contributed by atoms with van der Waals surface area (Å²) in [6.45, 7) is 5.93. The summed E-state index contributed by atoms with van der Waals surface area (Å²) >= 11 is 1.43. The first-order valence-corrected chi connectivity index (χ1v) is 8.97. The Morgan fingerprint density at radius 1 is 1.25 bits per heavy atom. The quantitative estimate of drug-likeness (QED) is 0.824. The minimum atomic E-state index is -0.370. The molecule has 1 saturated carbocycles. The van der Waals surface area contributed by atoms with Crippen LogP contribution in [0.25, 0.3) is 0 Å². The molecule has 5 heteroatoms. The van der Waals surface area contributed by atoms with Crippen LogP contribution in [0.4, 0.5) is 5.00 Å². The maximum absolute atomic E-state index is 12.6. The number of anilines is 1. The molecule has 0 bridgehead atoms. The lowest BCUT2D eigenvalue weighted by atomic mass is 10.1. The zero-order valence-electron chi connectivity index (χ0n) is 14.1. The first-order chi connectivity index (χ1) is 11.5. The number of thiophene rings is 1. The fourth-order valence-electron chi connectivity index (χ4n) is 2.92. The minimum absolute atomic E-state index is 0.0179. The van der Waals surface area contributed by atoms with E-state index < -0.39 is 0 Å². The first-order valence-electron chi connectivity index (χ1n) is 8.15. The van der Waals surface area contributed by atoms with Gasteiger partial charge in [-0.15, -0.1) is 11.3 Å². The molecule has 1 aliphatic carbocycles. The van der Waals surface area contributed by atoms with E-state index in [9.17, 15) is 9.59 Å². The Balaban J connectivity index is 1.74. The highest BCUT2D eigenvalue weighted by molar-refractivity contribution is 7.16. The molecule has 0 aliphatic heterocycles. The molecule has 1 fully saturated rings. The van der Waals surface area contributed by atoms with Gasteiger partial charge in [0.2, 0.25) is 5.91 Å². The van der Waals surface area contributed by atoms with Crippen molar-refractivity contribution in [3.8, 4) is 0 Å². The van der Waals surface area contributed by atoms with Crippen molar-refractivity contribution in [2.24, 2.45) is 5.92 Å². The molecule has 3 rings (SSSR count). The molecule has 1 amide bonds. The molecule has 0 spiro atoms. The molecule has 1 aromatic heterocycles. The van der Waals surface area contributed by atoms with Crippen LogP contribution in [-0.4, -0.2) is 18.5 Å². The largest absolute Gasteiger partial charge is 0.462 e. The van der Waals surface area contributed by atoms with Crippen LogP contribution in [0.1, 0.15) is 45.6 Å². The molecule has 1 aliphatic rings. The molecule has 0 unspecified atom stereocenters. The Morgan fingerprint density at radius 2 is 1.96 bits per heavy atom. The highest BCUT2D eigenvalue weighted by Gasteiger charge is 2.44. The SMILES string of the molecule is CCOC(=O)c1c(NC(=O)[C@H]2C[C@@H]2c2ccccc2)sc(C)c1C. The van der Waals surface area contributed by atoms with Crippen molar-refractivity contribution >= 4 is 28.2 Å². The number of carbonyl (C=O) groups is 2. The van der Waals surface area contributed by atoms with Crippen LogP contribution < -0.4 is 5.32 Å². The third kappa shape index (κ3) is 3.22.